The van der Waals surface area contributed by atoms with Crippen molar-refractivity contribution in [3.63, 3.8) is 0 Å². The number of ether oxygens (including phenoxy) is 2. The summed E-state index contributed by atoms with van der Waals surface area (Å²) in [4.78, 5) is 21.7. The number of aliphatic hydroxyl groups is 2. The maximum absolute atomic E-state index is 10.9. The summed E-state index contributed by atoms with van der Waals surface area (Å²) < 4.78 is 10.6. The first kappa shape index (κ1) is 18.7. The summed E-state index contributed by atoms with van der Waals surface area (Å²) in [6, 6.07) is -2.02. The first-order chi connectivity index (χ1) is 10.2. The highest BCUT2D eigenvalue weighted by Crippen LogP contribution is 2.22. The Kier molecular flexibility index (Phi) is 6.66. The lowest BCUT2D eigenvalue weighted by atomic mass is 9.96. The van der Waals surface area contributed by atoms with E-state index in [0.29, 0.717) is 0 Å². The van der Waals surface area contributed by atoms with Crippen LogP contribution in [0.25, 0.3) is 0 Å². The van der Waals surface area contributed by atoms with E-state index in [1.54, 1.807) is 0 Å². The van der Waals surface area contributed by atoms with Gasteiger partial charge in [0.05, 0.1) is 12.6 Å². The average Bonchev–Trinajstić information content (AvgIpc) is 2.45. The van der Waals surface area contributed by atoms with Gasteiger partial charge in [-0.1, -0.05) is 0 Å². The summed E-state index contributed by atoms with van der Waals surface area (Å²) in [5, 5.41) is 39.6. The van der Waals surface area contributed by atoms with Crippen LogP contribution in [0.1, 0.15) is 13.8 Å². The van der Waals surface area contributed by atoms with Crippen LogP contribution in [-0.4, -0.2) is 81.7 Å². The highest BCUT2D eigenvalue weighted by molar-refractivity contribution is 5.73. The molecule has 7 atom stereocenters. The van der Waals surface area contributed by atoms with Crippen LogP contribution in [0, 0.1) is 0 Å². The van der Waals surface area contributed by atoms with Crippen LogP contribution in [0.4, 0.5) is 0 Å². The maximum atomic E-state index is 10.9. The van der Waals surface area contributed by atoms with Crippen molar-refractivity contribution < 1.29 is 39.5 Å². The van der Waals surface area contributed by atoms with Crippen LogP contribution in [-0.2, 0) is 19.1 Å². The minimum absolute atomic E-state index is 0.561. The molecule has 0 aliphatic carbocycles. The summed E-state index contributed by atoms with van der Waals surface area (Å²) >= 11 is 0. The number of aliphatic hydroxyl groups excluding tert-OH is 2. The maximum Gasteiger partial charge on any atom is 0.332 e. The minimum atomic E-state index is -1.35. The number of carbonyl (C=O) groups is 2. The second kappa shape index (κ2) is 7.81. The molecule has 1 saturated heterocycles. The van der Waals surface area contributed by atoms with Crippen molar-refractivity contribution in [2.75, 3.05) is 6.61 Å². The molecule has 128 valence electrons. The van der Waals surface area contributed by atoms with Gasteiger partial charge in [0.15, 0.2) is 6.10 Å². The molecule has 22 heavy (non-hydrogen) atoms. The summed E-state index contributed by atoms with van der Waals surface area (Å²) in [5.74, 6) is -2.38. The second-order valence-corrected chi connectivity index (χ2v) is 5.15. The Morgan fingerprint density at radius 1 is 1.32 bits per heavy atom. The molecule has 1 aliphatic heterocycles. The van der Waals surface area contributed by atoms with E-state index in [1.165, 1.54) is 13.8 Å². The zero-order chi connectivity index (χ0) is 17.0. The van der Waals surface area contributed by atoms with Crippen LogP contribution in [0.15, 0.2) is 0 Å². The van der Waals surface area contributed by atoms with E-state index in [-0.39, 0.29) is 0 Å². The molecule has 0 bridgehead atoms. The molecule has 1 unspecified atom stereocenters. The van der Waals surface area contributed by atoms with E-state index in [0.717, 1.165) is 0 Å². The molecule has 1 aliphatic rings. The van der Waals surface area contributed by atoms with Crippen molar-refractivity contribution in [3.8, 4) is 0 Å². The lowest BCUT2D eigenvalue weighted by Crippen LogP contribution is -2.68. The molecule has 0 aromatic carbocycles. The Morgan fingerprint density at radius 2 is 1.91 bits per heavy atom. The van der Waals surface area contributed by atoms with Crippen molar-refractivity contribution >= 4 is 11.9 Å². The zero-order valence-electron chi connectivity index (χ0n) is 12.2. The van der Waals surface area contributed by atoms with Gasteiger partial charge in [0.2, 0.25) is 0 Å². The van der Waals surface area contributed by atoms with E-state index in [2.05, 4.69) is 5.32 Å². The Balaban J connectivity index is 2.88. The molecule has 7 N–H and O–H groups in total. The van der Waals surface area contributed by atoms with Gasteiger partial charge in [0.1, 0.15) is 30.6 Å². The lowest BCUT2D eigenvalue weighted by molar-refractivity contribution is -0.222. The smallest absolute Gasteiger partial charge is 0.332 e. The van der Waals surface area contributed by atoms with E-state index < -0.39 is 61.3 Å². The highest BCUT2D eigenvalue weighted by Gasteiger charge is 2.45. The number of nitrogens with two attached hydrogens (primary N) is 1. The number of hydrogen-bond acceptors (Lipinski definition) is 8. The molecule has 1 rings (SSSR count). The van der Waals surface area contributed by atoms with Crippen molar-refractivity contribution in [3.05, 3.63) is 0 Å². The molecular weight excluding hydrogens is 300 g/mol. The van der Waals surface area contributed by atoms with Crippen molar-refractivity contribution in [2.45, 2.75) is 56.6 Å². The van der Waals surface area contributed by atoms with Gasteiger partial charge < -0.3 is 35.6 Å². The quantitative estimate of drug-likeness (QED) is 0.290. The molecule has 10 nitrogen and oxygen atoms in total. The Bertz CT molecular complexity index is 407. The van der Waals surface area contributed by atoms with E-state index >= 15 is 0 Å². The molecular formula is C12H22N2O8. The molecule has 0 aromatic heterocycles. The van der Waals surface area contributed by atoms with Gasteiger partial charge in [-0.05, 0) is 13.8 Å². The molecule has 0 spiro atoms. The number of rotatable bonds is 7. The van der Waals surface area contributed by atoms with Gasteiger partial charge in [-0.25, -0.2) is 4.79 Å². The van der Waals surface area contributed by atoms with Gasteiger partial charge in [-0.2, -0.15) is 0 Å². The zero-order valence-corrected chi connectivity index (χ0v) is 12.2. The summed E-state index contributed by atoms with van der Waals surface area (Å²) in [6.45, 7) is 2.08. The van der Waals surface area contributed by atoms with E-state index in [9.17, 15) is 19.8 Å². The van der Waals surface area contributed by atoms with Crippen LogP contribution < -0.4 is 11.1 Å². The fraction of sp³-hybridized carbons (Fsp3) is 0.833. The van der Waals surface area contributed by atoms with Gasteiger partial charge >= 0.3 is 11.9 Å². The molecule has 0 aromatic rings. The first-order valence-corrected chi connectivity index (χ1v) is 6.76. The van der Waals surface area contributed by atoms with Crippen molar-refractivity contribution in [2.24, 2.45) is 5.73 Å². The first-order valence-electron chi connectivity index (χ1n) is 6.76. The van der Waals surface area contributed by atoms with Gasteiger partial charge in [-0.3, -0.25) is 10.1 Å². The van der Waals surface area contributed by atoms with Gasteiger partial charge in [0.25, 0.3) is 0 Å². The highest BCUT2D eigenvalue weighted by atomic mass is 16.6. The number of hydrogen-bond donors (Lipinski definition) is 6. The summed E-state index contributed by atoms with van der Waals surface area (Å²) in [7, 11) is 0. The molecule has 1 heterocycles. The fourth-order valence-electron chi connectivity index (χ4n) is 2.06. The van der Waals surface area contributed by atoms with Crippen LogP contribution in [0.5, 0.6) is 0 Å². The fourth-order valence-corrected chi connectivity index (χ4v) is 2.06. The number of carboxylic acid groups (broad SMARTS) is 2. The third-order valence-electron chi connectivity index (χ3n) is 3.44. The van der Waals surface area contributed by atoms with Crippen LogP contribution in [0.2, 0.25) is 0 Å². The predicted molar refractivity (Wildman–Crippen MR) is 71.9 cm³/mol. The van der Waals surface area contributed by atoms with Gasteiger partial charge in [0, 0.05) is 0 Å². The van der Waals surface area contributed by atoms with Crippen LogP contribution >= 0.6 is 0 Å². The van der Waals surface area contributed by atoms with Gasteiger partial charge in [-0.15, -0.1) is 0 Å². The normalized spacial score (nSPS) is 34.9. The molecule has 0 saturated carbocycles. The summed E-state index contributed by atoms with van der Waals surface area (Å²) in [5.41, 5.74) is 5.89. The number of nitrogens with one attached hydrogen (secondary N) is 1. The van der Waals surface area contributed by atoms with Crippen molar-refractivity contribution in [1.29, 1.82) is 0 Å². The Morgan fingerprint density at radius 3 is 2.36 bits per heavy atom. The second-order valence-electron chi connectivity index (χ2n) is 5.15. The third-order valence-corrected chi connectivity index (χ3v) is 3.44. The predicted octanol–water partition coefficient (Wildman–Crippen LogP) is -2.69. The monoisotopic (exact) mass is 322 g/mol. The molecule has 1 fully saturated rings. The lowest BCUT2D eigenvalue weighted by Gasteiger charge is -2.44. The van der Waals surface area contributed by atoms with E-state index in [4.69, 9.17) is 25.4 Å². The topological polar surface area (TPSA) is 172 Å². The van der Waals surface area contributed by atoms with Crippen LogP contribution in [0.3, 0.4) is 0 Å². The molecule has 0 amide bonds. The Labute approximate surface area is 126 Å². The molecule has 0 radical (unpaired) electrons. The standard InChI is InChI=1S/C12H22N2O8/c1-4(11(17)18)14-10-7(13)9(21-5(2)12(19)20)8(16)6(3-15)22-10/h4-10,14-16H,3,13H2,1-2H3,(H,17,18)(H,19,20)/t4-,5+,6+,7+,8+,9+,10?/m0/s1. The minimum Gasteiger partial charge on any atom is -0.480 e. The van der Waals surface area contributed by atoms with E-state index in [1.807, 2.05) is 0 Å². The van der Waals surface area contributed by atoms with Crippen molar-refractivity contribution in [1.82, 2.24) is 5.32 Å². The number of carboxylic acids is 2. The molecule has 10 heteroatoms. The summed E-state index contributed by atoms with van der Waals surface area (Å²) in [6.07, 6.45) is -5.84. The Hall–Kier alpha value is -1.30. The third kappa shape index (κ3) is 4.35. The largest absolute Gasteiger partial charge is 0.480 e. The number of aliphatic carboxylic acids is 2. The average molecular weight is 322 g/mol. The SMILES string of the molecule is C[C@H](NC1O[C@H](CO)[C@@H](O)[C@H](O[C@H](C)C(=O)O)[C@H]1N)C(=O)O.